The number of nitrogens with zero attached hydrogens (tertiary/aromatic N) is 3. The third-order valence-corrected chi connectivity index (χ3v) is 5.22. The highest BCUT2D eigenvalue weighted by Crippen LogP contribution is 2.39. The molecule has 0 bridgehead atoms. The Bertz CT molecular complexity index is 696. The number of aryl methyl sites for hydroxylation is 2. The number of amides is 1. The minimum absolute atomic E-state index is 0.0910. The topological polar surface area (TPSA) is 58.1 Å². The lowest BCUT2D eigenvalue weighted by Crippen LogP contribution is -2.37. The van der Waals surface area contributed by atoms with Crippen LogP contribution in [0.1, 0.15) is 36.6 Å². The summed E-state index contributed by atoms with van der Waals surface area (Å²) >= 11 is 1.76. The maximum absolute atomic E-state index is 12.1. The highest BCUT2D eigenvalue weighted by atomic mass is 32.1. The van der Waals surface area contributed by atoms with Gasteiger partial charge in [0.15, 0.2) is 5.82 Å². The van der Waals surface area contributed by atoms with Crippen LogP contribution < -0.4 is 10.4 Å². The number of anilines is 1. The number of hydrogen-bond acceptors (Lipinski definition) is 5. The molecule has 1 atom stereocenters. The molecule has 2 aromatic rings. The maximum Gasteiger partial charge on any atom is 0.244 e. The number of rotatable bonds is 1. The van der Waals surface area contributed by atoms with Crippen molar-refractivity contribution in [2.45, 2.75) is 45.1 Å². The van der Waals surface area contributed by atoms with Gasteiger partial charge in [0.1, 0.15) is 11.2 Å². The number of fused-ring (bicyclic) bond motifs is 3. The lowest BCUT2D eigenvalue weighted by molar-refractivity contribution is -0.117. The Morgan fingerprint density at radius 1 is 1.35 bits per heavy atom. The molecular weight excluding hydrogens is 272 g/mol. The van der Waals surface area contributed by atoms with Crippen molar-refractivity contribution < 1.29 is 4.79 Å². The fraction of sp³-hybridized carbons (Fsp3) is 0.500. The van der Waals surface area contributed by atoms with Gasteiger partial charge in [-0.15, -0.1) is 11.3 Å². The number of hydrogen-bond donors (Lipinski definition) is 1. The molecule has 1 aliphatic heterocycles. The van der Waals surface area contributed by atoms with Crippen molar-refractivity contribution in [2.75, 3.05) is 5.01 Å². The van der Waals surface area contributed by atoms with E-state index in [0.717, 1.165) is 28.9 Å². The molecule has 5 nitrogen and oxygen atoms in total. The van der Waals surface area contributed by atoms with Gasteiger partial charge >= 0.3 is 0 Å². The summed E-state index contributed by atoms with van der Waals surface area (Å²) in [5.41, 5.74) is 4.57. The van der Waals surface area contributed by atoms with Crippen LogP contribution in [0.2, 0.25) is 0 Å². The Kier molecular flexibility index (Phi) is 2.75. The van der Waals surface area contributed by atoms with Gasteiger partial charge in [-0.3, -0.25) is 4.79 Å². The lowest BCUT2D eigenvalue weighted by Gasteiger charge is -2.18. The van der Waals surface area contributed by atoms with E-state index in [4.69, 9.17) is 0 Å². The molecule has 0 aromatic carbocycles. The van der Waals surface area contributed by atoms with Crippen molar-refractivity contribution in [3.05, 3.63) is 16.8 Å². The van der Waals surface area contributed by atoms with E-state index >= 15 is 0 Å². The van der Waals surface area contributed by atoms with Gasteiger partial charge in [-0.25, -0.2) is 20.4 Å². The molecule has 2 aromatic heterocycles. The Labute approximate surface area is 121 Å². The van der Waals surface area contributed by atoms with E-state index in [1.165, 1.54) is 23.3 Å². The molecule has 1 N–H and O–H groups in total. The highest BCUT2D eigenvalue weighted by molar-refractivity contribution is 7.19. The minimum atomic E-state index is 0.0910. The summed E-state index contributed by atoms with van der Waals surface area (Å²) < 4.78 is 0. The van der Waals surface area contributed by atoms with E-state index < -0.39 is 0 Å². The zero-order valence-electron chi connectivity index (χ0n) is 11.3. The van der Waals surface area contributed by atoms with Crippen molar-refractivity contribution in [3.63, 3.8) is 0 Å². The van der Waals surface area contributed by atoms with Crippen molar-refractivity contribution in [2.24, 2.45) is 0 Å². The second kappa shape index (κ2) is 4.49. The Hall–Kier alpha value is -1.53. The predicted octanol–water partition coefficient (Wildman–Crippen LogP) is 2.20. The summed E-state index contributed by atoms with van der Waals surface area (Å²) in [6.45, 7) is 2.01. The SMILES string of the molecule is CC1CC(=O)N(c2ncnc3sc4c(c23)CCCC4)N1. The molecule has 4 rings (SSSR count). The largest absolute Gasteiger partial charge is 0.273 e. The molecule has 2 aliphatic rings. The second-order valence-electron chi connectivity index (χ2n) is 5.55. The quantitative estimate of drug-likeness (QED) is 0.874. The van der Waals surface area contributed by atoms with Gasteiger partial charge in [-0.1, -0.05) is 0 Å². The number of nitrogens with one attached hydrogen (secondary N) is 1. The van der Waals surface area contributed by atoms with Crippen molar-refractivity contribution in [1.29, 1.82) is 0 Å². The number of thiophene rings is 1. The van der Waals surface area contributed by atoms with Gasteiger partial charge in [-0.05, 0) is 38.2 Å². The minimum Gasteiger partial charge on any atom is -0.273 e. The predicted molar refractivity (Wildman–Crippen MR) is 78.8 cm³/mol. The molecule has 0 saturated carbocycles. The molecule has 6 heteroatoms. The van der Waals surface area contributed by atoms with Crippen LogP contribution in [0.4, 0.5) is 5.82 Å². The normalized spacial score (nSPS) is 22.6. The fourth-order valence-electron chi connectivity index (χ4n) is 3.11. The molecule has 104 valence electrons. The van der Waals surface area contributed by atoms with E-state index in [0.29, 0.717) is 6.42 Å². The van der Waals surface area contributed by atoms with Crippen LogP contribution in [-0.4, -0.2) is 21.9 Å². The molecule has 1 unspecified atom stereocenters. The number of hydrazine groups is 1. The summed E-state index contributed by atoms with van der Waals surface area (Å²) in [4.78, 5) is 23.4. The van der Waals surface area contributed by atoms with Gasteiger partial charge in [0, 0.05) is 17.3 Å². The smallest absolute Gasteiger partial charge is 0.244 e. The van der Waals surface area contributed by atoms with Gasteiger partial charge in [0.2, 0.25) is 5.91 Å². The van der Waals surface area contributed by atoms with Crippen molar-refractivity contribution in [1.82, 2.24) is 15.4 Å². The van der Waals surface area contributed by atoms with Gasteiger partial charge < -0.3 is 0 Å². The van der Waals surface area contributed by atoms with Gasteiger partial charge in [0.05, 0.1) is 5.39 Å². The first-order chi connectivity index (χ1) is 9.74. The van der Waals surface area contributed by atoms with Gasteiger partial charge in [0.25, 0.3) is 0 Å². The summed E-state index contributed by atoms with van der Waals surface area (Å²) in [6.07, 6.45) is 6.77. The Balaban J connectivity index is 1.91. The second-order valence-corrected chi connectivity index (χ2v) is 6.64. The number of carbonyl (C=O) groups is 1. The van der Waals surface area contributed by atoms with Crippen LogP contribution in [0, 0.1) is 0 Å². The zero-order valence-corrected chi connectivity index (χ0v) is 12.2. The first kappa shape index (κ1) is 12.2. The Morgan fingerprint density at radius 2 is 2.20 bits per heavy atom. The molecule has 1 saturated heterocycles. The summed E-state index contributed by atoms with van der Waals surface area (Å²) in [6, 6.07) is 0.168. The van der Waals surface area contributed by atoms with Gasteiger partial charge in [-0.2, -0.15) is 0 Å². The monoisotopic (exact) mass is 288 g/mol. The molecule has 0 radical (unpaired) electrons. The van der Waals surface area contributed by atoms with Crippen LogP contribution in [-0.2, 0) is 17.6 Å². The lowest BCUT2D eigenvalue weighted by atomic mass is 9.97. The van der Waals surface area contributed by atoms with Crippen LogP contribution in [0.25, 0.3) is 10.2 Å². The Morgan fingerprint density at radius 3 is 3.00 bits per heavy atom. The summed E-state index contributed by atoms with van der Waals surface area (Å²) in [5, 5.41) is 2.71. The first-order valence-electron chi connectivity index (χ1n) is 7.08. The zero-order chi connectivity index (χ0) is 13.7. The van der Waals surface area contributed by atoms with E-state index in [1.54, 1.807) is 22.7 Å². The molecule has 20 heavy (non-hydrogen) atoms. The molecule has 1 amide bonds. The molecule has 0 spiro atoms. The van der Waals surface area contributed by atoms with Crippen LogP contribution in [0.15, 0.2) is 6.33 Å². The first-order valence-corrected chi connectivity index (χ1v) is 7.90. The van der Waals surface area contributed by atoms with E-state index in [-0.39, 0.29) is 11.9 Å². The van der Waals surface area contributed by atoms with Crippen LogP contribution in [0.3, 0.4) is 0 Å². The van der Waals surface area contributed by atoms with E-state index in [9.17, 15) is 4.79 Å². The third kappa shape index (κ3) is 1.75. The van der Waals surface area contributed by atoms with E-state index in [2.05, 4.69) is 15.4 Å². The standard InChI is InChI=1S/C14H16N4OS/c1-8-6-11(19)18(17-8)13-12-9-4-2-3-5-10(9)20-14(12)16-7-15-13/h7-8,17H,2-6H2,1H3. The van der Waals surface area contributed by atoms with Crippen LogP contribution in [0.5, 0.6) is 0 Å². The molecule has 3 heterocycles. The third-order valence-electron chi connectivity index (χ3n) is 4.02. The average Bonchev–Trinajstić information content (AvgIpc) is 2.98. The van der Waals surface area contributed by atoms with Crippen molar-refractivity contribution >= 4 is 33.3 Å². The van der Waals surface area contributed by atoms with E-state index in [1.807, 2.05) is 6.92 Å². The molecular formula is C14H16N4OS. The van der Waals surface area contributed by atoms with Crippen molar-refractivity contribution in [3.8, 4) is 0 Å². The maximum atomic E-state index is 12.1. The fourth-order valence-corrected chi connectivity index (χ4v) is 4.34. The summed E-state index contributed by atoms with van der Waals surface area (Å²) in [5.74, 6) is 0.831. The number of aromatic nitrogens is 2. The number of carbonyl (C=O) groups excluding carboxylic acids is 1. The molecule has 1 aliphatic carbocycles. The summed E-state index contributed by atoms with van der Waals surface area (Å²) in [7, 11) is 0. The highest BCUT2D eigenvalue weighted by Gasteiger charge is 2.31. The average molecular weight is 288 g/mol. The molecule has 1 fully saturated rings. The van der Waals surface area contributed by atoms with Crippen LogP contribution >= 0.6 is 11.3 Å².